The zero-order valence-corrected chi connectivity index (χ0v) is 18.6. The molecule has 172 valence electrons. The standard InChI is InChI=1S/C23H21NO8S/c1-2-29-23(28)21-16(13-3-4-13)12-33-22(21)24-18(25)10-31-20(27)11-30-15-7-5-14-6-8-19(26)32-17(14)9-15/h5-9,12-13H,2-4,10-11H2,1H3,(H,24,25). The van der Waals surface area contributed by atoms with Crippen LogP contribution in [0.4, 0.5) is 5.00 Å². The number of anilines is 1. The molecule has 1 aliphatic carbocycles. The fourth-order valence-corrected chi connectivity index (χ4v) is 4.24. The third-order valence-electron chi connectivity index (χ3n) is 4.88. The third-order valence-corrected chi connectivity index (χ3v) is 5.80. The van der Waals surface area contributed by atoms with Gasteiger partial charge in [-0.25, -0.2) is 14.4 Å². The average Bonchev–Trinajstić information content (AvgIpc) is 3.56. The summed E-state index contributed by atoms with van der Waals surface area (Å²) < 4.78 is 20.5. The van der Waals surface area contributed by atoms with Gasteiger partial charge in [-0.05, 0) is 54.8 Å². The van der Waals surface area contributed by atoms with Crippen LogP contribution in [0.3, 0.4) is 0 Å². The Bertz CT molecular complexity index is 1260. The monoisotopic (exact) mass is 471 g/mol. The van der Waals surface area contributed by atoms with E-state index in [9.17, 15) is 19.2 Å². The Morgan fingerprint density at radius 1 is 1.12 bits per heavy atom. The summed E-state index contributed by atoms with van der Waals surface area (Å²) in [6, 6.07) is 7.72. The molecule has 0 saturated heterocycles. The van der Waals surface area contributed by atoms with Crippen LogP contribution < -0.4 is 15.7 Å². The summed E-state index contributed by atoms with van der Waals surface area (Å²) in [6.45, 7) is 0.976. The highest BCUT2D eigenvalue weighted by atomic mass is 32.1. The van der Waals surface area contributed by atoms with Crippen LogP contribution in [0, 0.1) is 0 Å². The maximum absolute atomic E-state index is 12.4. The third kappa shape index (κ3) is 5.58. The van der Waals surface area contributed by atoms with Crippen molar-refractivity contribution in [3.63, 3.8) is 0 Å². The van der Waals surface area contributed by atoms with E-state index in [1.807, 2.05) is 5.38 Å². The lowest BCUT2D eigenvalue weighted by Crippen LogP contribution is -2.24. The molecule has 33 heavy (non-hydrogen) atoms. The van der Waals surface area contributed by atoms with Crippen LogP contribution >= 0.6 is 11.3 Å². The second-order valence-electron chi connectivity index (χ2n) is 7.34. The highest BCUT2D eigenvalue weighted by Crippen LogP contribution is 2.46. The number of ether oxygens (including phenoxy) is 3. The van der Waals surface area contributed by atoms with Crippen LogP contribution in [0.15, 0.2) is 44.9 Å². The Morgan fingerprint density at radius 2 is 1.91 bits per heavy atom. The summed E-state index contributed by atoms with van der Waals surface area (Å²) in [5.41, 5.74) is 1.08. The molecule has 0 aliphatic heterocycles. The lowest BCUT2D eigenvalue weighted by molar-refractivity contribution is -0.149. The van der Waals surface area contributed by atoms with E-state index >= 15 is 0 Å². The number of carbonyl (C=O) groups is 3. The van der Waals surface area contributed by atoms with Gasteiger partial charge in [0.25, 0.3) is 5.91 Å². The zero-order chi connectivity index (χ0) is 23.4. The van der Waals surface area contributed by atoms with Crippen LogP contribution in [0.2, 0.25) is 0 Å². The van der Waals surface area contributed by atoms with E-state index in [4.69, 9.17) is 18.6 Å². The number of fused-ring (bicyclic) bond motifs is 1. The topological polar surface area (TPSA) is 121 Å². The number of hydrogen-bond donors (Lipinski definition) is 1. The normalized spacial score (nSPS) is 12.9. The molecular formula is C23H21NO8S. The molecule has 1 aliphatic rings. The Hall–Kier alpha value is -3.66. The Morgan fingerprint density at radius 3 is 2.67 bits per heavy atom. The van der Waals surface area contributed by atoms with E-state index in [0.29, 0.717) is 33.2 Å². The number of rotatable bonds is 9. The van der Waals surface area contributed by atoms with Gasteiger partial charge in [-0.1, -0.05) is 0 Å². The van der Waals surface area contributed by atoms with E-state index in [1.165, 1.54) is 23.5 Å². The molecule has 2 aromatic heterocycles. The first-order chi connectivity index (χ1) is 15.9. The number of thiophene rings is 1. The van der Waals surface area contributed by atoms with Crippen LogP contribution in [-0.2, 0) is 19.1 Å². The molecule has 9 nitrogen and oxygen atoms in total. The number of benzene rings is 1. The van der Waals surface area contributed by atoms with Crippen molar-refractivity contribution in [2.75, 3.05) is 25.1 Å². The zero-order valence-electron chi connectivity index (χ0n) is 17.8. The predicted octanol–water partition coefficient (Wildman–Crippen LogP) is 3.47. The smallest absolute Gasteiger partial charge is 0.344 e. The van der Waals surface area contributed by atoms with E-state index in [2.05, 4.69) is 5.32 Å². The van der Waals surface area contributed by atoms with Crippen molar-refractivity contribution in [2.24, 2.45) is 0 Å². The molecule has 1 N–H and O–H groups in total. The van der Waals surface area contributed by atoms with Crippen molar-refractivity contribution < 1.29 is 33.0 Å². The Balaban J connectivity index is 1.30. The van der Waals surface area contributed by atoms with Gasteiger partial charge in [0.2, 0.25) is 0 Å². The summed E-state index contributed by atoms with van der Waals surface area (Å²) in [6.07, 6.45) is 2.00. The van der Waals surface area contributed by atoms with Crippen molar-refractivity contribution in [2.45, 2.75) is 25.7 Å². The molecule has 1 saturated carbocycles. The first-order valence-corrected chi connectivity index (χ1v) is 11.2. The van der Waals surface area contributed by atoms with Crippen molar-refractivity contribution in [3.05, 3.63) is 57.3 Å². The van der Waals surface area contributed by atoms with Crippen LogP contribution in [0.1, 0.15) is 41.6 Å². The van der Waals surface area contributed by atoms with Crippen molar-refractivity contribution in [1.82, 2.24) is 0 Å². The molecule has 4 rings (SSSR count). The second kappa shape index (κ2) is 9.86. The number of esters is 2. The van der Waals surface area contributed by atoms with Crippen LogP contribution in [0.25, 0.3) is 11.0 Å². The molecule has 1 fully saturated rings. The van der Waals surface area contributed by atoms with Crippen molar-refractivity contribution in [1.29, 1.82) is 0 Å². The molecular weight excluding hydrogens is 450 g/mol. The number of amides is 1. The van der Waals surface area contributed by atoms with Gasteiger partial charge in [-0.15, -0.1) is 11.3 Å². The fraction of sp³-hybridized carbons (Fsp3) is 0.304. The molecule has 10 heteroatoms. The summed E-state index contributed by atoms with van der Waals surface area (Å²) in [5, 5.41) is 5.57. The van der Waals surface area contributed by atoms with Crippen molar-refractivity contribution in [3.8, 4) is 5.75 Å². The van der Waals surface area contributed by atoms with Gasteiger partial charge in [0.05, 0.1) is 12.2 Å². The van der Waals surface area contributed by atoms with Gasteiger partial charge in [0.1, 0.15) is 16.3 Å². The number of hydrogen-bond acceptors (Lipinski definition) is 9. The molecule has 3 aromatic rings. The van der Waals surface area contributed by atoms with Gasteiger partial charge in [-0.2, -0.15) is 0 Å². The summed E-state index contributed by atoms with van der Waals surface area (Å²) >= 11 is 1.24. The first-order valence-electron chi connectivity index (χ1n) is 10.3. The molecule has 0 radical (unpaired) electrons. The van der Waals surface area contributed by atoms with Gasteiger partial charge in [0, 0.05) is 17.5 Å². The molecule has 0 spiro atoms. The number of carbonyl (C=O) groups excluding carboxylic acids is 3. The molecule has 0 atom stereocenters. The minimum atomic E-state index is -0.754. The number of nitrogens with one attached hydrogen (secondary N) is 1. The summed E-state index contributed by atoms with van der Waals surface area (Å²) in [4.78, 5) is 47.9. The summed E-state index contributed by atoms with van der Waals surface area (Å²) in [7, 11) is 0. The van der Waals surface area contributed by atoms with Gasteiger partial charge < -0.3 is 23.9 Å². The fourth-order valence-electron chi connectivity index (χ4n) is 3.20. The summed E-state index contributed by atoms with van der Waals surface area (Å²) in [5.74, 6) is -1.19. The minimum Gasteiger partial charge on any atom is -0.482 e. The average molecular weight is 471 g/mol. The maximum atomic E-state index is 12.4. The minimum absolute atomic E-state index is 0.229. The van der Waals surface area contributed by atoms with Gasteiger partial charge in [-0.3, -0.25) is 4.79 Å². The van der Waals surface area contributed by atoms with Crippen LogP contribution in [-0.4, -0.2) is 37.7 Å². The molecule has 0 unspecified atom stereocenters. The lowest BCUT2D eigenvalue weighted by Gasteiger charge is -2.09. The Labute approximate surface area is 192 Å². The SMILES string of the molecule is CCOC(=O)c1c(C2CC2)csc1NC(=O)COC(=O)COc1ccc2ccc(=O)oc2c1. The lowest BCUT2D eigenvalue weighted by atomic mass is 10.1. The highest BCUT2D eigenvalue weighted by Gasteiger charge is 2.32. The maximum Gasteiger partial charge on any atom is 0.344 e. The predicted molar refractivity (Wildman–Crippen MR) is 120 cm³/mol. The second-order valence-corrected chi connectivity index (χ2v) is 8.22. The quantitative estimate of drug-likeness (QED) is 0.372. The van der Waals surface area contributed by atoms with E-state index < -0.39 is 36.7 Å². The van der Waals surface area contributed by atoms with E-state index in [-0.39, 0.29) is 6.61 Å². The van der Waals surface area contributed by atoms with Gasteiger partial charge >= 0.3 is 17.6 Å². The van der Waals surface area contributed by atoms with Gasteiger partial charge in [0.15, 0.2) is 13.2 Å². The molecule has 2 heterocycles. The highest BCUT2D eigenvalue weighted by molar-refractivity contribution is 7.15. The van der Waals surface area contributed by atoms with Crippen molar-refractivity contribution >= 4 is 45.2 Å². The molecule has 0 bridgehead atoms. The largest absolute Gasteiger partial charge is 0.482 e. The first kappa shape index (κ1) is 22.5. The van der Waals surface area contributed by atoms with E-state index in [1.54, 1.807) is 25.1 Å². The van der Waals surface area contributed by atoms with E-state index in [0.717, 1.165) is 18.4 Å². The Kier molecular flexibility index (Phi) is 6.74. The molecule has 1 aromatic carbocycles. The van der Waals surface area contributed by atoms with Crippen LogP contribution in [0.5, 0.6) is 5.75 Å². The molecule has 1 amide bonds.